The lowest BCUT2D eigenvalue weighted by Crippen LogP contribution is -2.16. The van der Waals surface area contributed by atoms with Crippen LogP contribution in [0.25, 0.3) is 0 Å². The van der Waals surface area contributed by atoms with Gasteiger partial charge < -0.3 is 10.6 Å². The van der Waals surface area contributed by atoms with E-state index in [-0.39, 0.29) is 17.5 Å². The first-order chi connectivity index (χ1) is 10.6. The molecule has 0 aliphatic carbocycles. The molecule has 0 spiro atoms. The second kappa shape index (κ2) is 5.85. The van der Waals surface area contributed by atoms with Crippen molar-refractivity contribution in [2.75, 3.05) is 17.2 Å². The Morgan fingerprint density at radius 3 is 2.68 bits per heavy atom. The third-order valence-corrected chi connectivity index (χ3v) is 3.73. The highest BCUT2D eigenvalue weighted by molar-refractivity contribution is 5.91. The molecule has 0 fully saturated rings. The number of anilines is 2. The molecule has 2 N–H and O–H groups in total. The Kier molecular flexibility index (Phi) is 3.74. The summed E-state index contributed by atoms with van der Waals surface area (Å²) in [5.41, 5.74) is 2.80. The second-order valence-electron chi connectivity index (χ2n) is 5.22. The summed E-state index contributed by atoms with van der Waals surface area (Å²) in [5.74, 6) is 0.0478. The molecule has 0 radical (unpaired) electrons. The molecule has 1 unspecified atom stereocenters. The van der Waals surface area contributed by atoms with Crippen LogP contribution in [0.4, 0.5) is 17.1 Å². The molecule has 1 aliphatic heterocycles. The summed E-state index contributed by atoms with van der Waals surface area (Å²) >= 11 is 0. The number of non-ortho nitro benzene ring substituents is 1. The molecule has 1 amide bonds. The van der Waals surface area contributed by atoms with E-state index < -0.39 is 4.92 Å². The van der Waals surface area contributed by atoms with Crippen LogP contribution in [-0.2, 0) is 4.79 Å². The standard InChI is InChI=1S/C16H15N3O3/c20-16(18-12-5-7-13(8-6-12)19(21)22)9-11-10-17-15-4-2-1-3-14(11)15/h1-8,11,17H,9-10H2,(H,18,20). The van der Waals surface area contributed by atoms with Gasteiger partial charge in [-0.25, -0.2) is 0 Å². The van der Waals surface area contributed by atoms with E-state index in [0.29, 0.717) is 12.1 Å². The van der Waals surface area contributed by atoms with Crippen LogP contribution in [0.1, 0.15) is 17.9 Å². The highest BCUT2D eigenvalue weighted by atomic mass is 16.6. The van der Waals surface area contributed by atoms with E-state index in [1.807, 2.05) is 24.3 Å². The lowest BCUT2D eigenvalue weighted by atomic mass is 9.97. The fraction of sp³-hybridized carbons (Fsp3) is 0.188. The second-order valence-corrected chi connectivity index (χ2v) is 5.22. The summed E-state index contributed by atoms with van der Waals surface area (Å²) in [4.78, 5) is 22.3. The summed E-state index contributed by atoms with van der Waals surface area (Å²) in [7, 11) is 0. The molecule has 112 valence electrons. The van der Waals surface area contributed by atoms with Gasteiger partial charge in [-0.05, 0) is 23.8 Å². The van der Waals surface area contributed by atoms with Crippen LogP contribution in [0, 0.1) is 10.1 Å². The minimum Gasteiger partial charge on any atom is -0.384 e. The number of para-hydroxylation sites is 1. The van der Waals surface area contributed by atoms with Crippen molar-refractivity contribution < 1.29 is 9.72 Å². The summed E-state index contributed by atoms with van der Waals surface area (Å²) < 4.78 is 0. The van der Waals surface area contributed by atoms with Gasteiger partial charge in [-0.3, -0.25) is 14.9 Å². The van der Waals surface area contributed by atoms with Crippen molar-refractivity contribution in [3.63, 3.8) is 0 Å². The number of benzene rings is 2. The van der Waals surface area contributed by atoms with Crippen LogP contribution in [0.15, 0.2) is 48.5 Å². The number of carbonyl (C=O) groups excluding carboxylic acids is 1. The lowest BCUT2D eigenvalue weighted by Gasteiger charge is -2.10. The number of nitrogens with one attached hydrogen (secondary N) is 2. The van der Waals surface area contributed by atoms with Gasteiger partial charge in [0.2, 0.25) is 5.91 Å². The van der Waals surface area contributed by atoms with E-state index in [1.54, 1.807) is 0 Å². The van der Waals surface area contributed by atoms with Gasteiger partial charge in [0.15, 0.2) is 0 Å². The van der Waals surface area contributed by atoms with Crippen molar-refractivity contribution in [1.82, 2.24) is 0 Å². The molecule has 1 aliphatic rings. The van der Waals surface area contributed by atoms with E-state index in [2.05, 4.69) is 10.6 Å². The summed E-state index contributed by atoms with van der Waals surface area (Å²) in [6.07, 6.45) is 0.376. The van der Waals surface area contributed by atoms with Crippen molar-refractivity contribution in [2.45, 2.75) is 12.3 Å². The number of fused-ring (bicyclic) bond motifs is 1. The first-order valence-corrected chi connectivity index (χ1v) is 7.00. The number of hydrogen-bond donors (Lipinski definition) is 2. The summed E-state index contributed by atoms with van der Waals surface area (Å²) in [6, 6.07) is 13.8. The third kappa shape index (κ3) is 2.90. The Morgan fingerprint density at radius 2 is 1.95 bits per heavy atom. The zero-order valence-electron chi connectivity index (χ0n) is 11.8. The molecule has 22 heavy (non-hydrogen) atoms. The molecule has 0 saturated carbocycles. The number of nitrogens with zero attached hydrogens (tertiary/aromatic N) is 1. The van der Waals surface area contributed by atoms with E-state index in [9.17, 15) is 14.9 Å². The Labute approximate surface area is 127 Å². The van der Waals surface area contributed by atoms with Crippen molar-refractivity contribution in [2.24, 2.45) is 0 Å². The van der Waals surface area contributed by atoms with Crippen molar-refractivity contribution in [3.05, 3.63) is 64.2 Å². The highest BCUT2D eigenvalue weighted by Gasteiger charge is 2.23. The molecule has 0 aromatic heterocycles. The fourth-order valence-corrected chi connectivity index (χ4v) is 2.64. The average Bonchev–Trinajstić information content (AvgIpc) is 2.91. The number of carbonyl (C=O) groups is 1. The van der Waals surface area contributed by atoms with E-state index >= 15 is 0 Å². The number of nitro benzene ring substituents is 1. The number of nitro groups is 1. The lowest BCUT2D eigenvalue weighted by molar-refractivity contribution is -0.384. The smallest absolute Gasteiger partial charge is 0.269 e. The van der Waals surface area contributed by atoms with E-state index in [0.717, 1.165) is 17.8 Å². The molecular weight excluding hydrogens is 282 g/mol. The molecule has 1 heterocycles. The molecule has 0 bridgehead atoms. The van der Waals surface area contributed by atoms with Gasteiger partial charge in [-0.1, -0.05) is 18.2 Å². The van der Waals surface area contributed by atoms with E-state index in [1.165, 1.54) is 24.3 Å². The molecule has 2 aromatic carbocycles. The van der Waals surface area contributed by atoms with Crippen LogP contribution in [0.3, 0.4) is 0 Å². The molecule has 2 aromatic rings. The molecule has 6 nitrogen and oxygen atoms in total. The monoisotopic (exact) mass is 297 g/mol. The molecule has 0 saturated heterocycles. The Hall–Kier alpha value is -2.89. The Balaban J connectivity index is 1.62. The highest BCUT2D eigenvalue weighted by Crippen LogP contribution is 2.33. The molecule has 3 rings (SSSR count). The first-order valence-electron chi connectivity index (χ1n) is 7.00. The average molecular weight is 297 g/mol. The van der Waals surface area contributed by atoms with Gasteiger partial charge in [-0.15, -0.1) is 0 Å². The number of amides is 1. The number of hydrogen-bond acceptors (Lipinski definition) is 4. The quantitative estimate of drug-likeness (QED) is 0.670. The zero-order valence-corrected chi connectivity index (χ0v) is 11.8. The maximum atomic E-state index is 12.1. The maximum absolute atomic E-state index is 12.1. The minimum atomic E-state index is -0.466. The Morgan fingerprint density at radius 1 is 1.23 bits per heavy atom. The minimum absolute atomic E-state index is 0.00641. The predicted octanol–water partition coefficient (Wildman–Crippen LogP) is 3.13. The first kappa shape index (κ1) is 14.1. The van der Waals surface area contributed by atoms with Crippen molar-refractivity contribution in [3.8, 4) is 0 Å². The predicted molar refractivity (Wildman–Crippen MR) is 84.0 cm³/mol. The summed E-state index contributed by atoms with van der Waals surface area (Å²) in [6.45, 7) is 0.743. The maximum Gasteiger partial charge on any atom is 0.269 e. The SMILES string of the molecule is O=C(CC1CNc2ccccc21)Nc1ccc([N+](=O)[O-])cc1. The van der Waals surface area contributed by atoms with Gasteiger partial charge in [0.25, 0.3) is 5.69 Å². The van der Waals surface area contributed by atoms with Crippen LogP contribution in [-0.4, -0.2) is 17.4 Å². The van der Waals surface area contributed by atoms with Crippen molar-refractivity contribution in [1.29, 1.82) is 0 Å². The molecule has 6 heteroatoms. The van der Waals surface area contributed by atoms with E-state index in [4.69, 9.17) is 0 Å². The topological polar surface area (TPSA) is 84.3 Å². The largest absolute Gasteiger partial charge is 0.384 e. The van der Waals surface area contributed by atoms with Crippen LogP contribution < -0.4 is 10.6 Å². The van der Waals surface area contributed by atoms with Crippen molar-refractivity contribution >= 4 is 23.0 Å². The normalized spacial score (nSPS) is 15.7. The molecule has 1 atom stereocenters. The van der Waals surface area contributed by atoms with Gasteiger partial charge in [0.1, 0.15) is 0 Å². The zero-order chi connectivity index (χ0) is 15.5. The Bertz CT molecular complexity index is 713. The van der Waals surface area contributed by atoms with Gasteiger partial charge in [-0.2, -0.15) is 0 Å². The van der Waals surface area contributed by atoms with Gasteiger partial charge in [0.05, 0.1) is 4.92 Å². The van der Waals surface area contributed by atoms with Gasteiger partial charge >= 0.3 is 0 Å². The van der Waals surface area contributed by atoms with Crippen LogP contribution in [0.2, 0.25) is 0 Å². The van der Waals surface area contributed by atoms with Crippen LogP contribution >= 0.6 is 0 Å². The van der Waals surface area contributed by atoms with Crippen LogP contribution in [0.5, 0.6) is 0 Å². The summed E-state index contributed by atoms with van der Waals surface area (Å²) in [5, 5.41) is 16.7. The third-order valence-electron chi connectivity index (χ3n) is 3.73. The fourth-order valence-electron chi connectivity index (χ4n) is 2.64. The van der Waals surface area contributed by atoms with Gasteiger partial charge in [0, 0.05) is 42.4 Å². The molecular formula is C16H15N3O3. The number of rotatable bonds is 4.